The molecule has 0 N–H and O–H groups in total. The Bertz CT molecular complexity index is 102. The van der Waals surface area contributed by atoms with Crippen LogP contribution in [0.5, 0.6) is 0 Å². The summed E-state index contributed by atoms with van der Waals surface area (Å²) in [5, 5.41) is 0. The molecule has 0 aromatic heterocycles. The predicted octanol–water partition coefficient (Wildman–Crippen LogP) is 1.64. The molecule has 4 heteroatoms. The van der Waals surface area contributed by atoms with Gasteiger partial charge >= 0.3 is 6.18 Å². The van der Waals surface area contributed by atoms with Crippen molar-refractivity contribution < 1.29 is 13.2 Å². The maximum Gasteiger partial charge on any atom is 0.428 e. The molecule has 0 amide bonds. The summed E-state index contributed by atoms with van der Waals surface area (Å²) < 4.78 is 34.0. The van der Waals surface area contributed by atoms with Gasteiger partial charge in [0.1, 0.15) is 5.71 Å². The first-order valence-electron chi connectivity index (χ1n) is 1.99. The van der Waals surface area contributed by atoms with Crippen molar-refractivity contribution in [1.82, 2.24) is 0 Å². The molecule has 0 bridgehead atoms. The van der Waals surface area contributed by atoms with Crippen LogP contribution in [0.15, 0.2) is 4.99 Å². The lowest BCUT2D eigenvalue weighted by atomic mass is 10.4. The summed E-state index contributed by atoms with van der Waals surface area (Å²) in [4.78, 5) is 2.95. The van der Waals surface area contributed by atoms with E-state index in [0.717, 1.165) is 14.0 Å². The first-order chi connectivity index (χ1) is 3.48. The SMILES string of the molecule is CN=C(C)C(F)(F)F. The molecule has 0 heterocycles. The van der Waals surface area contributed by atoms with Crippen LogP contribution < -0.4 is 0 Å². The molecule has 0 spiro atoms. The van der Waals surface area contributed by atoms with E-state index in [0.29, 0.717) is 0 Å². The van der Waals surface area contributed by atoms with E-state index >= 15 is 0 Å². The topological polar surface area (TPSA) is 12.4 Å². The maximum absolute atomic E-state index is 11.3. The number of halogens is 3. The number of rotatable bonds is 0. The highest BCUT2D eigenvalue weighted by Gasteiger charge is 2.30. The zero-order valence-corrected chi connectivity index (χ0v) is 4.58. The van der Waals surface area contributed by atoms with Gasteiger partial charge in [-0.2, -0.15) is 13.2 Å². The Hall–Kier alpha value is -0.540. The van der Waals surface area contributed by atoms with Gasteiger partial charge in [0.25, 0.3) is 0 Å². The van der Waals surface area contributed by atoms with Gasteiger partial charge in [-0.15, -0.1) is 0 Å². The second-order valence-corrected chi connectivity index (χ2v) is 1.31. The monoisotopic (exact) mass is 125 g/mol. The van der Waals surface area contributed by atoms with Gasteiger partial charge in [-0.1, -0.05) is 0 Å². The first-order valence-corrected chi connectivity index (χ1v) is 1.99. The molecule has 0 saturated carbocycles. The Labute approximate surface area is 45.2 Å². The summed E-state index contributed by atoms with van der Waals surface area (Å²) in [5.41, 5.74) is -0.794. The molecule has 0 fully saturated rings. The highest BCUT2D eigenvalue weighted by atomic mass is 19.4. The van der Waals surface area contributed by atoms with Crippen molar-refractivity contribution in [2.75, 3.05) is 7.05 Å². The minimum Gasteiger partial charge on any atom is -0.288 e. The van der Waals surface area contributed by atoms with Crippen LogP contribution in [0, 0.1) is 0 Å². The van der Waals surface area contributed by atoms with Crippen LogP contribution in [0.3, 0.4) is 0 Å². The molecule has 0 unspecified atom stereocenters. The van der Waals surface area contributed by atoms with Crippen LogP contribution in [0.1, 0.15) is 6.92 Å². The number of nitrogens with zero attached hydrogens (tertiary/aromatic N) is 1. The lowest BCUT2D eigenvalue weighted by molar-refractivity contribution is -0.0592. The van der Waals surface area contributed by atoms with Gasteiger partial charge in [-0.05, 0) is 6.92 Å². The summed E-state index contributed by atoms with van der Waals surface area (Å²) in [6, 6.07) is 0. The fourth-order valence-corrected chi connectivity index (χ4v) is 0.127. The van der Waals surface area contributed by atoms with Crippen molar-refractivity contribution in [3.63, 3.8) is 0 Å². The fourth-order valence-electron chi connectivity index (χ4n) is 0.127. The Morgan fingerprint density at radius 3 is 1.75 bits per heavy atom. The summed E-state index contributed by atoms with van der Waals surface area (Å²) in [5.74, 6) is 0. The molecule has 0 aromatic rings. The molecule has 0 rings (SSSR count). The number of aliphatic imine (C=N–C) groups is 1. The quantitative estimate of drug-likeness (QED) is 0.436. The van der Waals surface area contributed by atoms with Gasteiger partial charge in [0.2, 0.25) is 0 Å². The largest absolute Gasteiger partial charge is 0.428 e. The first kappa shape index (κ1) is 7.46. The maximum atomic E-state index is 11.3. The van der Waals surface area contributed by atoms with E-state index in [1.165, 1.54) is 0 Å². The minimum absolute atomic E-state index is 0.794. The Kier molecular flexibility index (Phi) is 2.01. The van der Waals surface area contributed by atoms with Crippen LogP contribution in [0.25, 0.3) is 0 Å². The van der Waals surface area contributed by atoms with Crippen LogP contribution in [0.4, 0.5) is 13.2 Å². The van der Waals surface area contributed by atoms with Gasteiger partial charge in [-0.25, -0.2) is 0 Å². The molecule has 0 aliphatic rings. The predicted molar refractivity (Wildman–Crippen MR) is 25.1 cm³/mol. The second-order valence-electron chi connectivity index (χ2n) is 1.31. The highest BCUT2D eigenvalue weighted by molar-refractivity contribution is 5.87. The van der Waals surface area contributed by atoms with Gasteiger partial charge in [0.05, 0.1) is 0 Å². The van der Waals surface area contributed by atoms with E-state index in [-0.39, 0.29) is 0 Å². The molecule has 0 atom stereocenters. The van der Waals surface area contributed by atoms with E-state index < -0.39 is 11.9 Å². The molecule has 8 heavy (non-hydrogen) atoms. The Morgan fingerprint density at radius 2 is 1.75 bits per heavy atom. The van der Waals surface area contributed by atoms with Crippen LogP contribution >= 0.6 is 0 Å². The van der Waals surface area contributed by atoms with Crippen molar-refractivity contribution in [2.45, 2.75) is 13.1 Å². The molecule has 48 valence electrons. The molecule has 1 nitrogen and oxygen atoms in total. The Balaban J connectivity index is 4.03. The lowest BCUT2D eigenvalue weighted by Gasteiger charge is -2.01. The van der Waals surface area contributed by atoms with Gasteiger partial charge in [-0.3, -0.25) is 4.99 Å². The minimum atomic E-state index is -4.24. The molecule has 0 saturated heterocycles. The van der Waals surface area contributed by atoms with Gasteiger partial charge in [0.15, 0.2) is 0 Å². The molecule has 0 aliphatic heterocycles. The van der Waals surface area contributed by atoms with Crippen LogP contribution in [-0.2, 0) is 0 Å². The van der Waals surface area contributed by atoms with E-state index in [9.17, 15) is 13.2 Å². The van der Waals surface area contributed by atoms with E-state index in [4.69, 9.17) is 0 Å². The van der Waals surface area contributed by atoms with E-state index in [2.05, 4.69) is 4.99 Å². The molecular formula is C4H6F3N. The summed E-state index contributed by atoms with van der Waals surface area (Å²) in [7, 11) is 1.11. The van der Waals surface area contributed by atoms with Gasteiger partial charge in [0, 0.05) is 7.05 Å². The second kappa shape index (κ2) is 2.15. The summed E-state index contributed by atoms with van der Waals surface area (Å²) in [6.45, 7) is 0.931. The third-order valence-electron chi connectivity index (χ3n) is 0.746. The van der Waals surface area contributed by atoms with Crippen molar-refractivity contribution in [1.29, 1.82) is 0 Å². The van der Waals surface area contributed by atoms with Crippen molar-refractivity contribution in [2.24, 2.45) is 4.99 Å². The summed E-state index contributed by atoms with van der Waals surface area (Å²) in [6.07, 6.45) is -4.24. The summed E-state index contributed by atoms with van der Waals surface area (Å²) >= 11 is 0. The van der Waals surface area contributed by atoms with Crippen molar-refractivity contribution >= 4 is 5.71 Å². The average molecular weight is 125 g/mol. The fraction of sp³-hybridized carbons (Fsp3) is 0.750. The number of hydrogen-bond acceptors (Lipinski definition) is 1. The van der Waals surface area contributed by atoms with Crippen molar-refractivity contribution in [3.8, 4) is 0 Å². The Morgan fingerprint density at radius 1 is 1.38 bits per heavy atom. The molecule has 0 aromatic carbocycles. The third-order valence-corrected chi connectivity index (χ3v) is 0.746. The van der Waals surface area contributed by atoms with E-state index in [1.807, 2.05) is 0 Å². The highest BCUT2D eigenvalue weighted by Crippen LogP contribution is 2.15. The van der Waals surface area contributed by atoms with Crippen molar-refractivity contribution in [3.05, 3.63) is 0 Å². The molecule has 0 aliphatic carbocycles. The van der Waals surface area contributed by atoms with Crippen LogP contribution in [-0.4, -0.2) is 18.9 Å². The third kappa shape index (κ3) is 1.95. The number of alkyl halides is 3. The molecule has 0 radical (unpaired) electrons. The molecular weight excluding hydrogens is 119 g/mol. The number of hydrogen-bond donors (Lipinski definition) is 0. The zero-order chi connectivity index (χ0) is 6.78. The zero-order valence-electron chi connectivity index (χ0n) is 4.58. The smallest absolute Gasteiger partial charge is 0.288 e. The lowest BCUT2D eigenvalue weighted by Crippen LogP contribution is -2.18. The van der Waals surface area contributed by atoms with E-state index in [1.54, 1.807) is 0 Å². The normalized spacial score (nSPS) is 14.4. The van der Waals surface area contributed by atoms with Crippen LogP contribution in [0.2, 0.25) is 0 Å². The average Bonchev–Trinajstić information content (AvgIpc) is 1.62. The van der Waals surface area contributed by atoms with Gasteiger partial charge < -0.3 is 0 Å². The standard InChI is InChI=1S/C4H6F3N/c1-3(8-2)4(5,6)7/h1-2H3.